The predicted octanol–water partition coefficient (Wildman–Crippen LogP) is 1.43. The summed E-state index contributed by atoms with van der Waals surface area (Å²) in [4.78, 5) is 38.2. The highest BCUT2D eigenvalue weighted by Crippen LogP contribution is 2.28. The first-order valence-corrected chi connectivity index (χ1v) is 8.36. The van der Waals surface area contributed by atoms with Gasteiger partial charge in [-0.05, 0) is 36.6 Å². The van der Waals surface area contributed by atoms with Crippen molar-refractivity contribution in [1.82, 2.24) is 14.0 Å². The number of hydrogen-bond donors (Lipinski definition) is 0. The molecule has 136 valence electrons. The van der Waals surface area contributed by atoms with E-state index in [1.165, 1.54) is 42.1 Å². The van der Waals surface area contributed by atoms with Gasteiger partial charge in [-0.3, -0.25) is 14.2 Å². The van der Waals surface area contributed by atoms with Crippen molar-refractivity contribution in [2.45, 2.75) is 25.4 Å². The lowest BCUT2D eigenvalue weighted by atomic mass is 10.2. The molecule has 0 bridgehead atoms. The number of carbonyl (C=O) groups is 1. The van der Waals surface area contributed by atoms with Crippen molar-refractivity contribution in [2.24, 2.45) is 14.1 Å². The van der Waals surface area contributed by atoms with Crippen molar-refractivity contribution in [1.29, 1.82) is 0 Å². The van der Waals surface area contributed by atoms with Crippen LogP contribution in [0.2, 0.25) is 0 Å². The number of hydrogen-bond acceptors (Lipinski definition) is 3. The van der Waals surface area contributed by atoms with E-state index in [-0.39, 0.29) is 23.3 Å². The fourth-order valence-corrected chi connectivity index (χ4v) is 2.77. The highest BCUT2D eigenvalue weighted by molar-refractivity contribution is 5.92. The molecular formula is C19H20FN3O3. The number of rotatable bonds is 5. The number of halogens is 1. The summed E-state index contributed by atoms with van der Waals surface area (Å²) in [6.45, 7) is 0.388. The SMILES string of the molecule is Cn1cc(C=CC(=O)N(Cc2ccc(F)cc2)C2CC2)c(=O)n(C)c1=O. The second kappa shape index (κ2) is 7.11. The molecule has 1 heterocycles. The van der Waals surface area contributed by atoms with Gasteiger partial charge in [0.15, 0.2) is 0 Å². The maximum Gasteiger partial charge on any atom is 0.330 e. The molecule has 1 aliphatic carbocycles. The van der Waals surface area contributed by atoms with E-state index >= 15 is 0 Å². The van der Waals surface area contributed by atoms with Crippen molar-refractivity contribution in [3.8, 4) is 0 Å². The monoisotopic (exact) mass is 357 g/mol. The Kier molecular flexibility index (Phi) is 4.88. The summed E-state index contributed by atoms with van der Waals surface area (Å²) < 4.78 is 15.3. The smallest absolute Gasteiger partial charge is 0.330 e. The lowest BCUT2D eigenvalue weighted by Crippen LogP contribution is -2.37. The molecule has 1 aliphatic rings. The van der Waals surface area contributed by atoms with E-state index in [1.54, 1.807) is 24.1 Å². The van der Waals surface area contributed by atoms with E-state index in [9.17, 15) is 18.8 Å². The summed E-state index contributed by atoms with van der Waals surface area (Å²) >= 11 is 0. The molecule has 26 heavy (non-hydrogen) atoms. The molecule has 0 aliphatic heterocycles. The van der Waals surface area contributed by atoms with E-state index in [4.69, 9.17) is 0 Å². The summed E-state index contributed by atoms with van der Waals surface area (Å²) in [6, 6.07) is 6.22. The Bertz CT molecular complexity index is 969. The third-order valence-electron chi connectivity index (χ3n) is 4.42. The second-order valence-corrected chi connectivity index (χ2v) is 6.50. The average Bonchev–Trinajstić information content (AvgIpc) is 3.46. The molecule has 6 nitrogen and oxygen atoms in total. The maximum absolute atomic E-state index is 13.0. The molecular weight excluding hydrogens is 337 g/mol. The van der Waals surface area contributed by atoms with Crippen LogP contribution >= 0.6 is 0 Å². The van der Waals surface area contributed by atoms with E-state index in [0.717, 1.165) is 23.0 Å². The molecule has 1 aromatic heterocycles. The molecule has 0 unspecified atom stereocenters. The van der Waals surface area contributed by atoms with Crippen LogP contribution in [0.4, 0.5) is 4.39 Å². The number of carbonyl (C=O) groups excluding carboxylic acids is 1. The number of benzene rings is 1. The largest absolute Gasteiger partial charge is 0.332 e. The number of aromatic nitrogens is 2. The third kappa shape index (κ3) is 3.82. The Hall–Kier alpha value is -2.96. The molecule has 0 saturated heterocycles. The zero-order chi connectivity index (χ0) is 18.8. The van der Waals surface area contributed by atoms with Gasteiger partial charge in [0.25, 0.3) is 5.56 Å². The minimum atomic E-state index is -0.450. The van der Waals surface area contributed by atoms with Crippen LogP contribution in [-0.2, 0) is 25.4 Å². The second-order valence-electron chi connectivity index (χ2n) is 6.50. The van der Waals surface area contributed by atoms with Crippen LogP contribution in [0.5, 0.6) is 0 Å². The van der Waals surface area contributed by atoms with Crippen molar-refractivity contribution >= 4 is 12.0 Å². The van der Waals surface area contributed by atoms with Gasteiger partial charge in [0, 0.05) is 39.0 Å². The van der Waals surface area contributed by atoms with Gasteiger partial charge in [0.2, 0.25) is 5.91 Å². The molecule has 2 aromatic rings. The van der Waals surface area contributed by atoms with Crippen LogP contribution in [0.25, 0.3) is 6.08 Å². The summed E-state index contributed by atoms with van der Waals surface area (Å²) in [5.74, 6) is -0.531. The molecule has 0 atom stereocenters. The van der Waals surface area contributed by atoms with Gasteiger partial charge in [-0.25, -0.2) is 9.18 Å². The number of amides is 1. The van der Waals surface area contributed by atoms with Crippen LogP contribution in [0.15, 0.2) is 46.1 Å². The number of aryl methyl sites for hydroxylation is 1. The van der Waals surface area contributed by atoms with Gasteiger partial charge in [0.1, 0.15) is 5.82 Å². The third-order valence-corrected chi connectivity index (χ3v) is 4.42. The zero-order valence-corrected chi connectivity index (χ0v) is 14.7. The minimum Gasteiger partial charge on any atom is -0.332 e. The molecule has 0 N–H and O–H groups in total. The quantitative estimate of drug-likeness (QED) is 0.761. The first-order valence-electron chi connectivity index (χ1n) is 8.36. The van der Waals surface area contributed by atoms with Gasteiger partial charge in [0.05, 0.1) is 5.56 Å². The Morgan fingerprint density at radius 3 is 2.50 bits per heavy atom. The van der Waals surface area contributed by atoms with Crippen LogP contribution in [0.3, 0.4) is 0 Å². The van der Waals surface area contributed by atoms with Crippen molar-refractivity contribution in [3.05, 3.63) is 74.3 Å². The summed E-state index contributed by atoms with van der Waals surface area (Å²) in [5.41, 5.74) is 0.238. The van der Waals surface area contributed by atoms with E-state index in [0.29, 0.717) is 6.54 Å². The predicted molar refractivity (Wildman–Crippen MR) is 95.9 cm³/mol. The molecule has 1 aromatic carbocycles. The van der Waals surface area contributed by atoms with Gasteiger partial charge in [-0.1, -0.05) is 12.1 Å². The Morgan fingerprint density at radius 2 is 1.88 bits per heavy atom. The first-order chi connectivity index (χ1) is 12.4. The molecule has 0 radical (unpaired) electrons. The van der Waals surface area contributed by atoms with Crippen LogP contribution < -0.4 is 11.2 Å². The molecule has 0 spiro atoms. The van der Waals surface area contributed by atoms with Crippen LogP contribution in [0.1, 0.15) is 24.0 Å². The highest BCUT2D eigenvalue weighted by atomic mass is 19.1. The lowest BCUT2D eigenvalue weighted by Gasteiger charge is -2.21. The number of nitrogens with zero attached hydrogens (tertiary/aromatic N) is 3. The normalized spacial score (nSPS) is 14.0. The van der Waals surface area contributed by atoms with Crippen molar-refractivity contribution in [2.75, 3.05) is 0 Å². The summed E-state index contributed by atoms with van der Waals surface area (Å²) in [5, 5.41) is 0. The summed E-state index contributed by atoms with van der Waals surface area (Å²) in [6.07, 6.45) is 6.06. The standard InChI is InChI=1S/C19H20FN3O3/c1-21-12-14(18(25)22(2)19(21)26)5-10-17(24)23(16-8-9-16)11-13-3-6-15(20)7-4-13/h3-7,10,12,16H,8-9,11H2,1-2H3. The molecule has 1 saturated carbocycles. The fraction of sp³-hybridized carbons (Fsp3) is 0.316. The first kappa shape index (κ1) is 17.8. The maximum atomic E-state index is 13.0. The van der Waals surface area contributed by atoms with E-state index in [2.05, 4.69) is 0 Å². The highest BCUT2D eigenvalue weighted by Gasteiger charge is 2.31. The zero-order valence-electron chi connectivity index (χ0n) is 14.7. The molecule has 1 fully saturated rings. The van der Waals surface area contributed by atoms with Crippen LogP contribution in [0, 0.1) is 5.82 Å². The summed E-state index contributed by atoms with van der Waals surface area (Å²) in [7, 11) is 2.95. The molecule has 1 amide bonds. The minimum absolute atomic E-state index is 0.167. The van der Waals surface area contributed by atoms with Gasteiger partial charge >= 0.3 is 5.69 Å². The van der Waals surface area contributed by atoms with Crippen molar-refractivity contribution < 1.29 is 9.18 Å². The topological polar surface area (TPSA) is 64.3 Å². The van der Waals surface area contributed by atoms with Crippen LogP contribution in [-0.4, -0.2) is 26.0 Å². The average molecular weight is 357 g/mol. The van der Waals surface area contributed by atoms with Crippen molar-refractivity contribution in [3.63, 3.8) is 0 Å². The van der Waals surface area contributed by atoms with Gasteiger partial charge < -0.3 is 9.47 Å². The fourth-order valence-electron chi connectivity index (χ4n) is 2.77. The van der Waals surface area contributed by atoms with E-state index in [1.807, 2.05) is 0 Å². The Labute approximate surface area is 149 Å². The molecule has 7 heteroatoms. The molecule has 3 rings (SSSR count). The van der Waals surface area contributed by atoms with Gasteiger partial charge in [-0.15, -0.1) is 0 Å². The Balaban J connectivity index is 1.80. The van der Waals surface area contributed by atoms with E-state index < -0.39 is 11.2 Å². The lowest BCUT2D eigenvalue weighted by molar-refractivity contribution is -0.127. The Morgan fingerprint density at radius 1 is 1.23 bits per heavy atom. The van der Waals surface area contributed by atoms with Gasteiger partial charge in [-0.2, -0.15) is 0 Å².